The molecule has 0 bridgehead atoms. The van der Waals surface area contributed by atoms with Gasteiger partial charge in [-0.05, 0) is 26.7 Å². The lowest BCUT2D eigenvalue weighted by molar-refractivity contribution is -0.141. The average Bonchev–Trinajstić information content (AvgIpc) is 2.80. The minimum atomic E-state index is -0.706. The molecule has 0 aliphatic heterocycles. The van der Waals surface area contributed by atoms with Crippen LogP contribution in [0.1, 0.15) is 26.7 Å². The van der Waals surface area contributed by atoms with Crippen molar-refractivity contribution < 1.29 is 23.9 Å². The minimum Gasteiger partial charge on any atom is -0.463 e. The third-order valence-electron chi connectivity index (χ3n) is 2.63. The predicted molar refractivity (Wildman–Crippen MR) is 62.7 cm³/mol. The minimum absolute atomic E-state index is 0.145. The highest BCUT2D eigenvalue weighted by molar-refractivity contribution is 6.36. The molecular weight excluding hydrogens is 236 g/mol. The molecule has 1 unspecified atom stereocenters. The van der Waals surface area contributed by atoms with E-state index in [2.05, 4.69) is 4.79 Å². The highest BCUT2D eigenvalue weighted by Gasteiger charge is 2.40. The second-order valence-corrected chi connectivity index (χ2v) is 3.72. The first kappa shape index (κ1) is 14.1. The van der Waals surface area contributed by atoms with Crippen LogP contribution in [0.25, 0.3) is 5.53 Å². The van der Waals surface area contributed by atoms with Crippen LogP contribution >= 0.6 is 0 Å². The predicted octanol–water partition coefficient (Wildman–Crippen LogP) is 1.12. The van der Waals surface area contributed by atoms with E-state index in [-0.39, 0.29) is 18.9 Å². The molecule has 6 heteroatoms. The number of carbonyl (C=O) groups is 2. The Bertz CT molecular complexity index is 422. The lowest BCUT2D eigenvalue weighted by atomic mass is 9.95. The van der Waals surface area contributed by atoms with Crippen LogP contribution in [0, 0.1) is 5.92 Å². The molecule has 0 N–H and O–H groups in total. The van der Waals surface area contributed by atoms with Gasteiger partial charge in [0, 0.05) is 5.57 Å². The van der Waals surface area contributed by atoms with Crippen molar-refractivity contribution in [3.05, 3.63) is 17.2 Å². The number of rotatable bonds is 5. The second kappa shape index (κ2) is 6.71. The summed E-state index contributed by atoms with van der Waals surface area (Å²) in [5, 5.41) is 0. The zero-order valence-corrected chi connectivity index (χ0v) is 10.5. The van der Waals surface area contributed by atoms with Gasteiger partial charge < -0.3 is 15.0 Å². The summed E-state index contributed by atoms with van der Waals surface area (Å²) in [4.78, 5) is 26.2. The SMILES string of the molecule is CCOC(=O)C1=CCCC1C(=[N+]=[N-])C(=O)OCC. The number of carbonyl (C=O) groups excluding carboxylic acids is 2. The van der Waals surface area contributed by atoms with Crippen LogP contribution in [-0.2, 0) is 19.1 Å². The van der Waals surface area contributed by atoms with Gasteiger partial charge in [-0.1, -0.05) is 6.08 Å². The van der Waals surface area contributed by atoms with Gasteiger partial charge in [-0.15, -0.1) is 0 Å². The summed E-state index contributed by atoms with van der Waals surface area (Å²) < 4.78 is 9.68. The van der Waals surface area contributed by atoms with E-state index in [4.69, 9.17) is 15.0 Å². The lowest BCUT2D eigenvalue weighted by Gasteiger charge is -2.09. The van der Waals surface area contributed by atoms with Crippen molar-refractivity contribution in [2.75, 3.05) is 13.2 Å². The van der Waals surface area contributed by atoms with E-state index < -0.39 is 17.9 Å². The van der Waals surface area contributed by atoms with Gasteiger partial charge in [-0.3, -0.25) is 0 Å². The van der Waals surface area contributed by atoms with Crippen molar-refractivity contribution in [2.45, 2.75) is 26.7 Å². The molecule has 0 radical (unpaired) electrons. The number of nitrogens with zero attached hydrogens (tertiary/aromatic N) is 2. The average molecular weight is 252 g/mol. The summed E-state index contributed by atoms with van der Waals surface area (Å²) in [6.45, 7) is 3.80. The van der Waals surface area contributed by atoms with E-state index in [1.165, 1.54) is 0 Å². The summed E-state index contributed by atoms with van der Waals surface area (Å²) in [6.07, 6.45) is 2.87. The molecule has 98 valence electrons. The maximum atomic E-state index is 11.7. The van der Waals surface area contributed by atoms with Crippen LogP contribution in [0.2, 0.25) is 0 Å². The fraction of sp³-hybridized carbons (Fsp3) is 0.583. The fourth-order valence-electron chi connectivity index (χ4n) is 1.89. The standard InChI is InChI=1S/C12H16N2O4/c1-3-17-11(15)9-7-5-6-8(9)10(14-13)12(16)18-4-2/h7-8H,3-6H2,1-2H3. The van der Waals surface area contributed by atoms with E-state index in [0.29, 0.717) is 18.4 Å². The van der Waals surface area contributed by atoms with Gasteiger partial charge in [-0.2, -0.15) is 4.79 Å². The third kappa shape index (κ3) is 3.05. The Morgan fingerprint density at radius 1 is 1.39 bits per heavy atom. The number of esters is 2. The molecule has 0 aromatic heterocycles. The molecule has 1 rings (SSSR count). The van der Waals surface area contributed by atoms with Gasteiger partial charge in [-0.25, -0.2) is 9.59 Å². The highest BCUT2D eigenvalue weighted by Crippen LogP contribution is 2.28. The molecule has 0 aromatic carbocycles. The van der Waals surface area contributed by atoms with Crippen LogP contribution in [-0.4, -0.2) is 35.7 Å². The Morgan fingerprint density at radius 3 is 2.61 bits per heavy atom. The zero-order valence-electron chi connectivity index (χ0n) is 10.5. The first-order chi connectivity index (χ1) is 8.65. The van der Waals surface area contributed by atoms with Gasteiger partial charge >= 0.3 is 17.7 Å². The van der Waals surface area contributed by atoms with E-state index in [1.54, 1.807) is 19.9 Å². The van der Waals surface area contributed by atoms with Crippen LogP contribution in [0.3, 0.4) is 0 Å². The zero-order chi connectivity index (χ0) is 13.5. The van der Waals surface area contributed by atoms with Crippen molar-refractivity contribution >= 4 is 17.7 Å². The number of ether oxygens (including phenoxy) is 2. The smallest absolute Gasteiger partial charge is 0.417 e. The molecule has 0 amide bonds. The van der Waals surface area contributed by atoms with Crippen LogP contribution in [0.4, 0.5) is 0 Å². The van der Waals surface area contributed by atoms with Crippen LogP contribution < -0.4 is 0 Å². The van der Waals surface area contributed by atoms with Gasteiger partial charge in [0.05, 0.1) is 13.2 Å². The molecule has 1 atom stereocenters. The summed E-state index contributed by atoms with van der Waals surface area (Å²) >= 11 is 0. The fourth-order valence-corrected chi connectivity index (χ4v) is 1.89. The monoisotopic (exact) mass is 252 g/mol. The number of hydrogen-bond donors (Lipinski definition) is 0. The molecule has 6 nitrogen and oxygen atoms in total. The van der Waals surface area contributed by atoms with E-state index in [0.717, 1.165) is 0 Å². The molecule has 0 heterocycles. The van der Waals surface area contributed by atoms with Crippen molar-refractivity contribution in [3.63, 3.8) is 0 Å². The summed E-state index contributed by atoms with van der Waals surface area (Å²) in [6, 6.07) is 0. The normalized spacial score (nSPS) is 17.7. The molecule has 0 aromatic rings. The number of allylic oxidation sites excluding steroid dienone is 1. The molecule has 0 fully saturated rings. The Labute approximate surface area is 105 Å². The Kier molecular flexibility index (Phi) is 5.27. The largest absolute Gasteiger partial charge is 0.463 e. The molecule has 1 aliphatic carbocycles. The number of hydrogen-bond acceptors (Lipinski definition) is 4. The molecule has 18 heavy (non-hydrogen) atoms. The molecule has 0 saturated carbocycles. The van der Waals surface area contributed by atoms with E-state index in [9.17, 15) is 9.59 Å². The van der Waals surface area contributed by atoms with Gasteiger partial charge in [0.25, 0.3) is 0 Å². The van der Waals surface area contributed by atoms with Gasteiger partial charge in [0.15, 0.2) is 0 Å². The Morgan fingerprint density at radius 2 is 2.06 bits per heavy atom. The van der Waals surface area contributed by atoms with Crippen LogP contribution in [0.5, 0.6) is 0 Å². The van der Waals surface area contributed by atoms with Gasteiger partial charge in [0.2, 0.25) is 0 Å². The van der Waals surface area contributed by atoms with Crippen molar-refractivity contribution in [1.29, 1.82) is 0 Å². The Balaban J connectivity index is 2.88. The first-order valence-corrected chi connectivity index (χ1v) is 5.91. The summed E-state index contributed by atoms with van der Waals surface area (Å²) in [7, 11) is 0. The van der Waals surface area contributed by atoms with Crippen molar-refractivity contribution in [1.82, 2.24) is 0 Å². The van der Waals surface area contributed by atoms with E-state index in [1.807, 2.05) is 0 Å². The van der Waals surface area contributed by atoms with Gasteiger partial charge in [0.1, 0.15) is 5.92 Å². The molecule has 0 spiro atoms. The second-order valence-electron chi connectivity index (χ2n) is 3.72. The quantitative estimate of drug-likeness (QED) is 0.317. The van der Waals surface area contributed by atoms with Crippen molar-refractivity contribution in [3.8, 4) is 0 Å². The van der Waals surface area contributed by atoms with Crippen LogP contribution in [0.15, 0.2) is 11.6 Å². The lowest BCUT2D eigenvalue weighted by Crippen LogP contribution is -2.29. The molecule has 0 saturated heterocycles. The summed E-state index contributed by atoms with van der Waals surface area (Å²) in [5.41, 5.74) is 9.13. The maximum absolute atomic E-state index is 11.7. The third-order valence-corrected chi connectivity index (χ3v) is 2.63. The molecule has 1 aliphatic rings. The topological polar surface area (TPSA) is 89.0 Å². The van der Waals surface area contributed by atoms with Crippen molar-refractivity contribution in [2.24, 2.45) is 5.92 Å². The van der Waals surface area contributed by atoms with E-state index >= 15 is 0 Å². The Hall–Kier alpha value is -1.94. The first-order valence-electron chi connectivity index (χ1n) is 5.91. The summed E-state index contributed by atoms with van der Waals surface area (Å²) in [5.74, 6) is -1.74. The highest BCUT2D eigenvalue weighted by atomic mass is 16.5. The maximum Gasteiger partial charge on any atom is 0.417 e. The molecular formula is C12H16N2O4.